The van der Waals surface area contributed by atoms with E-state index in [9.17, 15) is 15.0 Å². The quantitative estimate of drug-likeness (QED) is 0.102. The molecule has 0 radical (unpaired) electrons. The molecular weight excluding hydrogens is 591 g/mol. The largest absolute Gasteiger partial charge is 0.494 e. The second kappa shape index (κ2) is 12.1. The van der Waals surface area contributed by atoms with Crippen LogP contribution in [0.5, 0.6) is 5.75 Å². The van der Waals surface area contributed by atoms with Crippen molar-refractivity contribution >= 4 is 62.6 Å². The standard InChI is InChI=1S/C28H30Cl2N4O6S/c1-3-19(29)25(20(30)13-32-38)34-21(18(12-31-34)15-4-5-15)14-40-17-6-8-28(37,9-7-17)27-33-24-22(39-2)10-16(26(35)36)11-23(24)41-27/h3,10-13,15,17,37-38H,4-9,14H2,1-2H3,(H,35,36)/b19-3+,25-20-,32-13+. The number of benzene rings is 1. The molecule has 0 spiro atoms. The van der Waals surface area contributed by atoms with Gasteiger partial charge >= 0.3 is 5.97 Å². The minimum atomic E-state index is -1.15. The van der Waals surface area contributed by atoms with Gasteiger partial charge in [-0.2, -0.15) is 5.10 Å². The fraction of sp³-hybridized carbons (Fsp3) is 0.429. The van der Waals surface area contributed by atoms with Crippen molar-refractivity contribution in [2.45, 2.75) is 69.7 Å². The predicted molar refractivity (Wildman–Crippen MR) is 157 cm³/mol. The summed E-state index contributed by atoms with van der Waals surface area (Å²) < 4.78 is 14.0. The number of rotatable bonds is 10. The zero-order valence-corrected chi connectivity index (χ0v) is 24.8. The fourth-order valence-electron chi connectivity index (χ4n) is 5.15. The van der Waals surface area contributed by atoms with Crippen molar-refractivity contribution in [1.29, 1.82) is 0 Å². The molecular formula is C28H30Cl2N4O6S. The van der Waals surface area contributed by atoms with Crippen LogP contribution in [0.15, 0.2) is 39.6 Å². The topological polar surface area (TPSA) is 139 Å². The van der Waals surface area contributed by atoms with Gasteiger partial charge in [0.05, 0.1) is 58.3 Å². The number of nitrogens with zero attached hydrogens (tertiary/aromatic N) is 4. The number of carboxylic acids is 1. The minimum absolute atomic E-state index is 0.104. The van der Waals surface area contributed by atoms with E-state index in [4.69, 9.17) is 37.9 Å². The van der Waals surface area contributed by atoms with Gasteiger partial charge in [-0.05, 0) is 69.1 Å². The Morgan fingerprint density at radius 3 is 2.61 bits per heavy atom. The lowest BCUT2D eigenvalue weighted by atomic mass is 9.83. The van der Waals surface area contributed by atoms with Gasteiger partial charge in [0.1, 0.15) is 27.6 Å². The summed E-state index contributed by atoms with van der Waals surface area (Å²) in [6.07, 6.45) is 8.73. The molecule has 2 aromatic heterocycles. The second-order valence-electron chi connectivity index (χ2n) is 10.2. The lowest BCUT2D eigenvalue weighted by Crippen LogP contribution is -2.34. The van der Waals surface area contributed by atoms with Gasteiger partial charge in [0.2, 0.25) is 0 Å². The Bertz CT molecular complexity index is 1550. The van der Waals surface area contributed by atoms with Crippen LogP contribution in [0, 0.1) is 0 Å². The van der Waals surface area contributed by atoms with E-state index in [0.717, 1.165) is 30.3 Å². The van der Waals surface area contributed by atoms with Gasteiger partial charge in [0.25, 0.3) is 0 Å². The molecule has 2 fully saturated rings. The van der Waals surface area contributed by atoms with E-state index < -0.39 is 11.6 Å². The Morgan fingerprint density at radius 2 is 2.00 bits per heavy atom. The normalized spacial score (nSPS) is 22.4. The molecule has 0 saturated heterocycles. The molecule has 3 N–H and O–H groups in total. The highest BCUT2D eigenvalue weighted by Gasteiger charge is 2.39. The molecule has 2 aliphatic carbocycles. The number of methoxy groups -OCH3 is 1. The van der Waals surface area contributed by atoms with Crippen LogP contribution in [0.2, 0.25) is 0 Å². The molecule has 0 bridgehead atoms. The number of oxime groups is 1. The Hall–Kier alpha value is -2.96. The maximum absolute atomic E-state index is 11.5. The van der Waals surface area contributed by atoms with Gasteiger partial charge in [-0.3, -0.25) is 0 Å². The van der Waals surface area contributed by atoms with Gasteiger partial charge in [-0.25, -0.2) is 14.5 Å². The van der Waals surface area contributed by atoms with Crippen LogP contribution in [0.1, 0.15) is 78.0 Å². The highest BCUT2D eigenvalue weighted by atomic mass is 35.5. The fourth-order valence-corrected chi connectivity index (χ4v) is 6.77. The molecule has 0 unspecified atom stereocenters. The molecule has 218 valence electrons. The van der Waals surface area contributed by atoms with Crippen molar-refractivity contribution in [2.24, 2.45) is 5.16 Å². The van der Waals surface area contributed by atoms with E-state index in [-0.39, 0.29) is 23.3 Å². The maximum Gasteiger partial charge on any atom is 0.335 e. The van der Waals surface area contributed by atoms with E-state index in [2.05, 4.69) is 15.2 Å². The Kier molecular flexibility index (Phi) is 8.72. The highest BCUT2D eigenvalue weighted by Crippen LogP contribution is 2.45. The number of aromatic nitrogens is 3. The zero-order chi connectivity index (χ0) is 29.3. The van der Waals surface area contributed by atoms with Crippen LogP contribution in [-0.4, -0.2) is 55.6 Å². The minimum Gasteiger partial charge on any atom is -0.494 e. The first kappa shape index (κ1) is 29.5. The van der Waals surface area contributed by atoms with E-state index >= 15 is 0 Å². The lowest BCUT2D eigenvalue weighted by Gasteiger charge is -2.34. The molecule has 0 amide bonds. The maximum atomic E-state index is 11.5. The van der Waals surface area contributed by atoms with E-state index in [1.807, 2.05) is 6.20 Å². The number of carboxylic acid groups (broad SMARTS) is 1. The third kappa shape index (κ3) is 6.00. The number of aromatic carboxylic acids is 1. The summed E-state index contributed by atoms with van der Waals surface area (Å²) in [6.45, 7) is 2.04. The van der Waals surface area contributed by atoms with Crippen LogP contribution in [0.25, 0.3) is 15.9 Å². The van der Waals surface area contributed by atoms with Crippen LogP contribution in [0.4, 0.5) is 0 Å². The average Bonchev–Trinajstić information content (AvgIpc) is 3.57. The monoisotopic (exact) mass is 620 g/mol. The van der Waals surface area contributed by atoms with Crippen LogP contribution in [-0.2, 0) is 16.9 Å². The molecule has 2 saturated carbocycles. The smallest absolute Gasteiger partial charge is 0.335 e. The van der Waals surface area contributed by atoms with Crippen molar-refractivity contribution in [3.8, 4) is 5.75 Å². The summed E-state index contributed by atoms with van der Waals surface area (Å²) in [5, 5.41) is 38.6. The third-order valence-corrected chi connectivity index (χ3v) is 9.42. The van der Waals surface area contributed by atoms with Crippen molar-refractivity contribution < 1.29 is 29.7 Å². The van der Waals surface area contributed by atoms with Crippen LogP contribution < -0.4 is 4.74 Å². The lowest BCUT2D eigenvalue weighted by molar-refractivity contribution is -0.0648. The number of allylic oxidation sites excluding steroid dienone is 4. The summed E-state index contributed by atoms with van der Waals surface area (Å²) in [5.74, 6) is -0.294. The summed E-state index contributed by atoms with van der Waals surface area (Å²) >= 11 is 14.2. The number of ether oxygens (including phenoxy) is 2. The molecule has 1 aromatic carbocycles. The Labute approximate surface area is 250 Å². The zero-order valence-electron chi connectivity index (χ0n) is 22.5. The molecule has 0 atom stereocenters. The number of thiazole rings is 1. The van der Waals surface area contributed by atoms with E-state index in [0.29, 0.717) is 63.3 Å². The number of hydrogen-bond donors (Lipinski definition) is 3. The number of halogens is 2. The summed E-state index contributed by atoms with van der Waals surface area (Å²) in [6, 6.07) is 3.00. The van der Waals surface area contributed by atoms with E-state index in [1.54, 1.807) is 23.7 Å². The number of hydrogen-bond acceptors (Lipinski definition) is 9. The average molecular weight is 622 g/mol. The first-order valence-electron chi connectivity index (χ1n) is 13.2. The third-order valence-electron chi connectivity index (χ3n) is 7.55. The second-order valence-corrected chi connectivity index (χ2v) is 12.0. The SMILES string of the molecule is C\C=C(Cl)/C(=C(Cl)\C=N\O)n1ncc(C2CC2)c1COC1CCC(O)(c2nc3c(OC)cc(C(=O)O)cc3s2)CC1. The van der Waals surface area contributed by atoms with Gasteiger partial charge in [0.15, 0.2) is 0 Å². The summed E-state index contributed by atoms with van der Waals surface area (Å²) in [4.78, 5) is 16.2. The molecule has 41 heavy (non-hydrogen) atoms. The summed E-state index contributed by atoms with van der Waals surface area (Å²) in [5.41, 5.74) is 1.81. The molecule has 13 heteroatoms. The van der Waals surface area contributed by atoms with Crippen LogP contribution in [0.3, 0.4) is 0 Å². The highest BCUT2D eigenvalue weighted by molar-refractivity contribution is 7.18. The van der Waals surface area contributed by atoms with Crippen LogP contribution >= 0.6 is 34.5 Å². The molecule has 10 nitrogen and oxygen atoms in total. The van der Waals surface area contributed by atoms with Crippen molar-refractivity contribution in [2.75, 3.05) is 7.11 Å². The van der Waals surface area contributed by atoms with Gasteiger partial charge in [0, 0.05) is 0 Å². The first-order chi connectivity index (χ1) is 19.7. The Morgan fingerprint density at radius 1 is 1.27 bits per heavy atom. The molecule has 2 heterocycles. The molecule has 0 aliphatic heterocycles. The predicted octanol–water partition coefficient (Wildman–Crippen LogP) is 6.43. The van der Waals surface area contributed by atoms with Crippen molar-refractivity contribution in [3.63, 3.8) is 0 Å². The molecule has 3 aromatic rings. The molecule has 5 rings (SSSR count). The number of aliphatic hydroxyl groups is 1. The first-order valence-corrected chi connectivity index (χ1v) is 14.8. The van der Waals surface area contributed by atoms with Crippen molar-refractivity contribution in [1.82, 2.24) is 14.8 Å². The Balaban J connectivity index is 1.33. The number of carbonyl (C=O) groups is 1. The summed E-state index contributed by atoms with van der Waals surface area (Å²) in [7, 11) is 1.47. The van der Waals surface area contributed by atoms with Crippen molar-refractivity contribution in [3.05, 3.63) is 56.3 Å². The number of fused-ring (bicyclic) bond motifs is 1. The van der Waals surface area contributed by atoms with Gasteiger partial charge in [-0.1, -0.05) is 34.4 Å². The van der Waals surface area contributed by atoms with E-state index in [1.165, 1.54) is 24.5 Å². The molecule has 2 aliphatic rings. The van der Waals surface area contributed by atoms with Gasteiger partial charge < -0.3 is 24.9 Å². The van der Waals surface area contributed by atoms with Gasteiger partial charge in [-0.15, -0.1) is 11.3 Å².